The van der Waals surface area contributed by atoms with Crippen LogP contribution in [0.3, 0.4) is 0 Å². The molecule has 2 aromatic rings. The van der Waals surface area contributed by atoms with E-state index in [9.17, 15) is 21.6 Å². The Morgan fingerprint density at radius 3 is 1.73 bits per heavy atom. The van der Waals surface area contributed by atoms with E-state index < -0.39 is 26.1 Å². The van der Waals surface area contributed by atoms with Gasteiger partial charge in [-0.1, -0.05) is 92.1 Å². The first-order chi connectivity index (χ1) is 15.7. The van der Waals surface area contributed by atoms with Crippen molar-refractivity contribution in [2.45, 2.75) is 74.6 Å². The lowest BCUT2D eigenvalue weighted by Crippen LogP contribution is -2.43. The average Bonchev–Trinajstić information content (AvgIpc) is 2.82. The molecule has 8 heteroatoms. The summed E-state index contributed by atoms with van der Waals surface area (Å²) in [5.74, 6) is -0.194. The Morgan fingerprint density at radius 1 is 0.788 bits per heavy atom. The van der Waals surface area contributed by atoms with Gasteiger partial charge in [-0.05, 0) is 36.8 Å². The van der Waals surface area contributed by atoms with Gasteiger partial charge >= 0.3 is 0 Å². The number of allylic oxidation sites excluding steroid dienone is 1. The largest absolute Gasteiger partial charge is 0.295 e. The molecule has 180 valence electrons. The first-order valence-corrected chi connectivity index (χ1v) is 14.2. The zero-order valence-electron chi connectivity index (χ0n) is 19.3. The van der Waals surface area contributed by atoms with Gasteiger partial charge in [0.1, 0.15) is 0 Å². The summed E-state index contributed by atoms with van der Waals surface area (Å²) in [5.41, 5.74) is 0. The number of hydrogen-bond acceptors (Lipinski definition) is 5. The minimum atomic E-state index is -4.43. The first kappa shape index (κ1) is 27.0. The van der Waals surface area contributed by atoms with Crippen molar-refractivity contribution in [2.75, 3.05) is 0 Å². The van der Waals surface area contributed by atoms with E-state index in [-0.39, 0.29) is 28.4 Å². The molecular formula is C25H33NO5S2. The molecule has 0 aliphatic carbocycles. The minimum Gasteiger partial charge on any atom is -0.295 e. The lowest BCUT2D eigenvalue weighted by Gasteiger charge is -2.28. The molecule has 0 radical (unpaired) electrons. The maximum Gasteiger partial charge on any atom is 0.256 e. The Bertz CT molecular complexity index is 1040. The average molecular weight is 492 g/mol. The van der Waals surface area contributed by atoms with Crippen LogP contribution in [0, 0.1) is 0 Å². The van der Waals surface area contributed by atoms with E-state index in [0.717, 1.165) is 25.7 Å². The van der Waals surface area contributed by atoms with Gasteiger partial charge in [-0.2, -0.15) is 0 Å². The van der Waals surface area contributed by atoms with Crippen LogP contribution in [0.1, 0.15) is 58.8 Å². The molecule has 6 nitrogen and oxygen atoms in total. The molecule has 0 aromatic heterocycles. The summed E-state index contributed by atoms with van der Waals surface area (Å²) >= 11 is 0. The highest BCUT2D eigenvalue weighted by Crippen LogP contribution is 2.29. The van der Waals surface area contributed by atoms with Gasteiger partial charge in [0.2, 0.25) is 0 Å². The zero-order valence-corrected chi connectivity index (χ0v) is 20.9. The quantitative estimate of drug-likeness (QED) is 0.263. The van der Waals surface area contributed by atoms with Gasteiger partial charge in [-0.25, -0.2) is 16.8 Å². The van der Waals surface area contributed by atoms with Crippen LogP contribution in [0.4, 0.5) is 0 Å². The van der Waals surface area contributed by atoms with E-state index in [0.29, 0.717) is 10.1 Å². The summed E-state index contributed by atoms with van der Waals surface area (Å²) in [6.07, 6.45) is 7.85. The third-order valence-electron chi connectivity index (χ3n) is 5.28. The summed E-state index contributed by atoms with van der Waals surface area (Å²) in [6, 6.07) is 14.0. The summed E-state index contributed by atoms with van der Waals surface area (Å²) in [5, 5.41) is 0. The molecular weight excluding hydrogens is 458 g/mol. The lowest BCUT2D eigenvalue weighted by atomic mass is 10.1. The minimum absolute atomic E-state index is 0.115. The molecule has 0 aliphatic heterocycles. The van der Waals surface area contributed by atoms with Crippen LogP contribution in [0.25, 0.3) is 0 Å². The van der Waals surface area contributed by atoms with E-state index in [2.05, 4.69) is 6.92 Å². The van der Waals surface area contributed by atoms with E-state index in [1.165, 1.54) is 36.4 Å². The Balaban J connectivity index is 2.59. The molecule has 2 rings (SSSR count). The van der Waals surface area contributed by atoms with Crippen molar-refractivity contribution >= 4 is 25.8 Å². The molecule has 0 heterocycles. The standard InChI is InChI=1S/C25H33NO5S2/c1-3-5-6-7-10-15-22(20-21-23(27)4-2)26(32(28,29)24-16-11-8-12-17-24)33(30,31)25-18-13-9-14-19-25/h8-9,11-14,16-22H,3-7,10,15H2,1-2H3/b21-20+. The molecule has 33 heavy (non-hydrogen) atoms. The summed E-state index contributed by atoms with van der Waals surface area (Å²) in [7, 11) is -8.85. The van der Waals surface area contributed by atoms with Crippen molar-refractivity contribution in [3.8, 4) is 0 Å². The number of carbonyl (C=O) groups excluding carboxylic acids is 1. The molecule has 1 atom stereocenters. The normalized spacial score (nSPS) is 13.4. The van der Waals surface area contributed by atoms with Crippen LogP contribution in [0.5, 0.6) is 0 Å². The highest BCUT2D eigenvalue weighted by molar-refractivity contribution is 8.04. The number of hydrogen-bond donors (Lipinski definition) is 0. The van der Waals surface area contributed by atoms with Crippen LogP contribution >= 0.6 is 0 Å². The smallest absolute Gasteiger partial charge is 0.256 e. The second kappa shape index (κ2) is 12.8. The van der Waals surface area contributed by atoms with Crippen LogP contribution in [-0.4, -0.2) is 32.4 Å². The SMILES string of the molecule is CCCCCCCC(/C=C/C(=O)CC)N(S(=O)(=O)c1ccccc1)S(=O)(=O)c1ccccc1. The first-order valence-electron chi connectivity index (χ1n) is 11.4. The van der Waals surface area contributed by atoms with Crippen molar-refractivity contribution in [3.05, 3.63) is 72.8 Å². The second-order valence-corrected chi connectivity index (χ2v) is 11.7. The van der Waals surface area contributed by atoms with E-state index in [4.69, 9.17) is 0 Å². The van der Waals surface area contributed by atoms with E-state index in [1.54, 1.807) is 43.3 Å². The maximum absolute atomic E-state index is 13.7. The Hall–Kier alpha value is -2.29. The predicted molar refractivity (Wildman–Crippen MR) is 131 cm³/mol. The van der Waals surface area contributed by atoms with Gasteiger partial charge in [-0.3, -0.25) is 4.79 Å². The fraction of sp³-hybridized carbons (Fsp3) is 0.400. The van der Waals surface area contributed by atoms with Crippen molar-refractivity contribution < 1.29 is 21.6 Å². The molecule has 2 aromatic carbocycles. The van der Waals surface area contributed by atoms with Gasteiger partial charge in [0.25, 0.3) is 20.0 Å². The van der Waals surface area contributed by atoms with Crippen LogP contribution in [-0.2, 0) is 24.8 Å². The van der Waals surface area contributed by atoms with Crippen LogP contribution in [0.15, 0.2) is 82.6 Å². The summed E-state index contributed by atoms with van der Waals surface area (Å²) in [4.78, 5) is 11.8. The molecule has 0 spiro atoms. The number of rotatable bonds is 14. The lowest BCUT2D eigenvalue weighted by molar-refractivity contribution is -0.114. The highest BCUT2D eigenvalue weighted by Gasteiger charge is 2.41. The van der Waals surface area contributed by atoms with Gasteiger partial charge in [0.15, 0.2) is 5.78 Å². The van der Waals surface area contributed by atoms with E-state index >= 15 is 0 Å². The Kier molecular flexibility index (Phi) is 10.5. The molecule has 0 saturated carbocycles. The number of unbranched alkanes of at least 4 members (excludes halogenated alkanes) is 4. The summed E-state index contributed by atoms with van der Waals surface area (Å²) < 4.78 is 55.3. The fourth-order valence-electron chi connectivity index (χ4n) is 3.44. The molecule has 0 aliphatic rings. The van der Waals surface area contributed by atoms with Crippen molar-refractivity contribution in [1.82, 2.24) is 3.71 Å². The van der Waals surface area contributed by atoms with Gasteiger partial charge < -0.3 is 0 Å². The predicted octanol–water partition coefficient (Wildman–Crippen LogP) is 5.33. The third-order valence-corrected chi connectivity index (χ3v) is 9.69. The highest BCUT2D eigenvalue weighted by atomic mass is 32.3. The van der Waals surface area contributed by atoms with Crippen molar-refractivity contribution in [2.24, 2.45) is 0 Å². The molecule has 0 saturated heterocycles. The monoisotopic (exact) mass is 491 g/mol. The zero-order chi connectivity index (χ0) is 24.3. The molecule has 0 bridgehead atoms. The number of carbonyl (C=O) groups is 1. The van der Waals surface area contributed by atoms with Crippen LogP contribution in [0.2, 0.25) is 0 Å². The van der Waals surface area contributed by atoms with Gasteiger partial charge in [-0.15, -0.1) is 0 Å². The van der Waals surface area contributed by atoms with E-state index in [1.807, 2.05) is 0 Å². The molecule has 0 fully saturated rings. The summed E-state index contributed by atoms with van der Waals surface area (Å²) in [6.45, 7) is 3.80. The number of nitrogens with zero attached hydrogens (tertiary/aromatic N) is 1. The molecule has 0 amide bonds. The molecule has 1 unspecified atom stereocenters. The van der Waals surface area contributed by atoms with Gasteiger partial charge in [0, 0.05) is 6.42 Å². The van der Waals surface area contributed by atoms with Crippen molar-refractivity contribution in [1.29, 1.82) is 0 Å². The third kappa shape index (κ3) is 7.35. The number of sulfonamides is 2. The fourth-order valence-corrected chi connectivity index (χ4v) is 7.48. The topological polar surface area (TPSA) is 88.6 Å². The second-order valence-electron chi connectivity index (χ2n) is 7.81. The van der Waals surface area contributed by atoms with Crippen LogP contribution < -0.4 is 0 Å². The number of benzene rings is 2. The van der Waals surface area contributed by atoms with Crippen molar-refractivity contribution in [3.63, 3.8) is 0 Å². The number of ketones is 1. The van der Waals surface area contributed by atoms with Gasteiger partial charge in [0.05, 0.1) is 15.8 Å². The Labute approximate surface area is 198 Å². The maximum atomic E-state index is 13.7. The molecule has 0 N–H and O–H groups in total. The Morgan fingerprint density at radius 2 is 1.27 bits per heavy atom.